The van der Waals surface area contributed by atoms with Gasteiger partial charge in [-0.15, -0.1) is 6.58 Å². The second-order valence-electron chi connectivity index (χ2n) is 2.46. The Hall–Kier alpha value is -0.380. The van der Waals surface area contributed by atoms with Gasteiger partial charge in [0.05, 0.1) is 6.61 Å². The summed E-state index contributed by atoms with van der Waals surface area (Å²) in [6.07, 6.45) is 3.73. The molecule has 0 amide bonds. The van der Waals surface area contributed by atoms with Crippen LogP contribution in [0.1, 0.15) is 19.8 Å². The summed E-state index contributed by atoms with van der Waals surface area (Å²) < 4.78 is 5.30. The van der Waals surface area contributed by atoms with Crippen molar-refractivity contribution in [1.29, 1.82) is 0 Å². The van der Waals surface area contributed by atoms with Crippen molar-refractivity contribution in [2.24, 2.45) is 5.84 Å². The van der Waals surface area contributed by atoms with Crippen molar-refractivity contribution in [1.82, 2.24) is 5.43 Å². The summed E-state index contributed by atoms with van der Waals surface area (Å²) in [4.78, 5) is 0. The molecule has 0 aliphatic rings. The molecule has 1 atom stereocenters. The fourth-order valence-corrected chi connectivity index (χ4v) is 0.755. The maximum atomic E-state index is 5.30. The molecule has 0 saturated carbocycles. The summed E-state index contributed by atoms with van der Waals surface area (Å²) in [6.45, 7) is 7.17. The molecule has 0 aliphatic carbocycles. The van der Waals surface area contributed by atoms with Crippen LogP contribution in [-0.2, 0) is 4.74 Å². The van der Waals surface area contributed by atoms with Crippen LogP contribution in [0, 0.1) is 0 Å². The fraction of sp³-hybridized carbons (Fsp3) is 0.750. The number of hydrogen-bond donors (Lipinski definition) is 2. The average molecular weight is 158 g/mol. The Balaban J connectivity index is 3.27. The molecule has 0 bridgehead atoms. The van der Waals surface area contributed by atoms with Crippen molar-refractivity contribution in [3.05, 3.63) is 12.7 Å². The third-order valence-corrected chi connectivity index (χ3v) is 1.35. The lowest BCUT2D eigenvalue weighted by molar-refractivity contribution is 0.112. The van der Waals surface area contributed by atoms with Gasteiger partial charge in [0, 0.05) is 12.6 Å². The second-order valence-corrected chi connectivity index (χ2v) is 2.46. The molecule has 3 heteroatoms. The monoisotopic (exact) mass is 158 g/mol. The largest absolute Gasteiger partial charge is 0.380 e. The highest BCUT2D eigenvalue weighted by Gasteiger charge is 2.02. The third kappa shape index (κ3) is 6.04. The quantitative estimate of drug-likeness (QED) is 0.249. The van der Waals surface area contributed by atoms with Gasteiger partial charge in [0.15, 0.2) is 0 Å². The first-order valence-corrected chi connectivity index (χ1v) is 3.99. The van der Waals surface area contributed by atoms with E-state index in [9.17, 15) is 0 Å². The van der Waals surface area contributed by atoms with Crippen LogP contribution in [0.3, 0.4) is 0 Å². The van der Waals surface area contributed by atoms with E-state index in [1.165, 1.54) is 0 Å². The molecule has 1 unspecified atom stereocenters. The molecule has 0 radical (unpaired) electrons. The highest BCUT2D eigenvalue weighted by atomic mass is 16.5. The molecule has 0 heterocycles. The highest BCUT2D eigenvalue weighted by Crippen LogP contribution is 1.92. The van der Waals surface area contributed by atoms with Gasteiger partial charge < -0.3 is 4.74 Å². The van der Waals surface area contributed by atoms with Gasteiger partial charge in [0.1, 0.15) is 0 Å². The Labute approximate surface area is 68.6 Å². The molecule has 0 aromatic rings. The highest BCUT2D eigenvalue weighted by molar-refractivity contribution is 4.75. The molecule has 3 N–H and O–H groups in total. The van der Waals surface area contributed by atoms with Gasteiger partial charge in [-0.05, 0) is 12.8 Å². The van der Waals surface area contributed by atoms with Crippen LogP contribution in [-0.4, -0.2) is 19.3 Å². The van der Waals surface area contributed by atoms with E-state index >= 15 is 0 Å². The molecule has 0 aromatic heterocycles. The SMILES string of the molecule is C=CCC(COCCC)NN. The van der Waals surface area contributed by atoms with Gasteiger partial charge in [-0.2, -0.15) is 0 Å². The molecular weight excluding hydrogens is 140 g/mol. The van der Waals surface area contributed by atoms with E-state index in [-0.39, 0.29) is 6.04 Å². The zero-order valence-electron chi connectivity index (χ0n) is 7.18. The van der Waals surface area contributed by atoms with Crippen molar-refractivity contribution in [3.8, 4) is 0 Å². The average Bonchev–Trinajstić information content (AvgIpc) is 2.03. The lowest BCUT2D eigenvalue weighted by Crippen LogP contribution is -2.38. The van der Waals surface area contributed by atoms with Crippen LogP contribution in [0.5, 0.6) is 0 Å². The van der Waals surface area contributed by atoms with Crippen LogP contribution in [0.25, 0.3) is 0 Å². The first kappa shape index (κ1) is 10.6. The number of rotatable bonds is 7. The lowest BCUT2D eigenvalue weighted by atomic mass is 10.2. The van der Waals surface area contributed by atoms with Gasteiger partial charge in [0.2, 0.25) is 0 Å². The van der Waals surface area contributed by atoms with Gasteiger partial charge in [-0.25, -0.2) is 0 Å². The smallest absolute Gasteiger partial charge is 0.0636 e. The minimum atomic E-state index is 0.207. The van der Waals surface area contributed by atoms with E-state index in [2.05, 4.69) is 18.9 Å². The van der Waals surface area contributed by atoms with Crippen molar-refractivity contribution in [2.45, 2.75) is 25.8 Å². The molecule has 0 aromatic carbocycles. The minimum absolute atomic E-state index is 0.207. The van der Waals surface area contributed by atoms with Gasteiger partial charge >= 0.3 is 0 Å². The van der Waals surface area contributed by atoms with Crippen molar-refractivity contribution in [3.63, 3.8) is 0 Å². The van der Waals surface area contributed by atoms with Gasteiger partial charge in [-0.3, -0.25) is 11.3 Å². The lowest BCUT2D eigenvalue weighted by Gasteiger charge is -2.13. The summed E-state index contributed by atoms with van der Waals surface area (Å²) >= 11 is 0. The van der Waals surface area contributed by atoms with Crippen LogP contribution in [0.15, 0.2) is 12.7 Å². The summed E-state index contributed by atoms with van der Waals surface area (Å²) in [7, 11) is 0. The van der Waals surface area contributed by atoms with E-state index in [1.807, 2.05) is 6.08 Å². The molecule has 0 rings (SSSR count). The molecular formula is C8H18N2O. The summed E-state index contributed by atoms with van der Waals surface area (Å²) in [5.41, 5.74) is 2.67. The fourth-order valence-electron chi connectivity index (χ4n) is 0.755. The van der Waals surface area contributed by atoms with Crippen LogP contribution >= 0.6 is 0 Å². The molecule has 0 spiro atoms. The Bertz CT molecular complexity index is 96.1. The Kier molecular flexibility index (Phi) is 7.46. The maximum Gasteiger partial charge on any atom is 0.0636 e. The van der Waals surface area contributed by atoms with Gasteiger partial charge in [-0.1, -0.05) is 13.0 Å². The molecule has 0 aliphatic heterocycles. The molecule has 11 heavy (non-hydrogen) atoms. The number of ether oxygens (including phenoxy) is 1. The summed E-state index contributed by atoms with van der Waals surface area (Å²) in [6, 6.07) is 0.207. The standard InChI is InChI=1S/C8H18N2O/c1-3-5-8(10-9)7-11-6-4-2/h3,8,10H,1,4-7,9H2,2H3. The second kappa shape index (κ2) is 7.72. The predicted octanol–water partition coefficient (Wildman–Crippen LogP) is 0.821. The first-order valence-electron chi connectivity index (χ1n) is 3.99. The normalized spacial score (nSPS) is 12.9. The topological polar surface area (TPSA) is 47.3 Å². The van der Waals surface area contributed by atoms with Crippen molar-refractivity contribution >= 4 is 0 Å². The van der Waals surface area contributed by atoms with E-state index in [1.54, 1.807) is 0 Å². The van der Waals surface area contributed by atoms with E-state index in [4.69, 9.17) is 10.6 Å². The Morgan fingerprint density at radius 2 is 2.45 bits per heavy atom. The zero-order chi connectivity index (χ0) is 8.53. The van der Waals surface area contributed by atoms with Crippen LogP contribution < -0.4 is 11.3 Å². The summed E-state index contributed by atoms with van der Waals surface area (Å²) in [5, 5.41) is 0. The number of nitrogens with one attached hydrogen (secondary N) is 1. The van der Waals surface area contributed by atoms with Crippen molar-refractivity contribution in [2.75, 3.05) is 13.2 Å². The number of hydrogen-bond acceptors (Lipinski definition) is 3. The zero-order valence-corrected chi connectivity index (χ0v) is 7.18. The predicted molar refractivity (Wildman–Crippen MR) is 47.0 cm³/mol. The van der Waals surface area contributed by atoms with E-state index in [0.717, 1.165) is 19.4 Å². The molecule has 0 fully saturated rings. The van der Waals surface area contributed by atoms with E-state index in [0.29, 0.717) is 6.61 Å². The molecule has 3 nitrogen and oxygen atoms in total. The molecule has 0 saturated heterocycles. The Morgan fingerprint density at radius 3 is 2.91 bits per heavy atom. The first-order chi connectivity index (χ1) is 5.35. The third-order valence-electron chi connectivity index (χ3n) is 1.35. The number of nitrogens with two attached hydrogens (primary N) is 1. The van der Waals surface area contributed by atoms with Crippen molar-refractivity contribution < 1.29 is 4.74 Å². The number of hydrazine groups is 1. The van der Waals surface area contributed by atoms with Crippen LogP contribution in [0.4, 0.5) is 0 Å². The summed E-state index contributed by atoms with van der Waals surface area (Å²) in [5.74, 6) is 5.26. The van der Waals surface area contributed by atoms with Crippen LogP contribution in [0.2, 0.25) is 0 Å². The maximum absolute atomic E-state index is 5.30. The van der Waals surface area contributed by atoms with E-state index < -0.39 is 0 Å². The molecule has 66 valence electrons. The minimum Gasteiger partial charge on any atom is -0.380 e. The van der Waals surface area contributed by atoms with Gasteiger partial charge in [0.25, 0.3) is 0 Å². The Morgan fingerprint density at radius 1 is 1.73 bits per heavy atom.